The van der Waals surface area contributed by atoms with Crippen LogP contribution in [0.15, 0.2) is 76.2 Å². The molecule has 20 heavy (non-hydrogen) atoms. The fourth-order valence-electron chi connectivity index (χ4n) is 1.84. The van der Waals surface area contributed by atoms with Crippen molar-refractivity contribution in [2.45, 2.75) is 0 Å². The topological polar surface area (TPSA) is 54.6 Å². The summed E-state index contributed by atoms with van der Waals surface area (Å²) in [7, 11) is 0. The smallest absolute Gasteiger partial charge is 0.271 e. The van der Waals surface area contributed by atoms with Crippen LogP contribution in [-0.4, -0.2) is 5.91 Å². The largest absolute Gasteiger partial charge is 0.437 e. The molecule has 0 fully saturated rings. The molecule has 0 aliphatic heterocycles. The summed E-state index contributed by atoms with van der Waals surface area (Å²) < 4.78 is 5.57. The monoisotopic (exact) mass is 264 g/mol. The van der Waals surface area contributed by atoms with Crippen LogP contribution in [0.2, 0.25) is 0 Å². The minimum absolute atomic E-state index is 0.269. The summed E-state index contributed by atoms with van der Waals surface area (Å²) in [6, 6.07) is 20.1. The van der Waals surface area contributed by atoms with Crippen molar-refractivity contribution in [1.29, 1.82) is 0 Å². The van der Waals surface area contributed by atoms with Crippen LogP contribution in [0.25, 0.3) is 11.0 Å². The Labute approximate surface area is 115 Å². The van der Waals surface area contributed by atoms with Crippen molar-refractivity contribution in [3.8, 4) is 0 Å². The van der Waals surface area contributed by atoms with Crippen LogP contribution in [0.5, 0.6) is 0 Å². The number of amides is 1. The lowest BCUT2D eigenvalue weighted by molar-refractivity contribution is 0.0951. The molecule has 2 aromatic carbocycles. The Hall–Kier alpha value is -2.88. The Morgan fingerprint density at radius 1 is 0.900 bits per heavy atom. The maximum absolute atomic E-state index is 11.8. The zero-order valence-electron chi connectivity index (χ0n) is 10.6. The molecule has 1 aromatic heterocycles. The van der Waals surface area contributed by atoms with E-state index in [1.54, 1.807) is 30.3 Å². The molecule has 0 atom stereocenters. The molecule has 0 radical (unpaired) electrons. The fraction of sp³-hybridized carbons (Fsp3) is 0. The Kier molecular flexibility index (Phi) is 3.29. The predicted octanol–water partition coefficient (Wildman–Crippen LogP) is 2.68. The van der Waals surface area contributed by atoms with Crippen LogP contribution < -0.4 is 11.0 Å². The summed E-state index contributed by atoms with van der Waals surface area (Å²) in [4.78, 5) is 11.8. The van der Waals surface area contributed by atoms with E-state index in [1.165, 1.54) is 0 Å². The van der Waals surface area contributed by atoms with Gasteiger partial charge in [-0.25, -0.2) is 5.43 Å². The number of fused-ring (bicyclic) bond motifs is 1. The first-order valence-electron chi connectivity index (χ1n) is 6.21. The molecule has 0 saturated heterocycles. The first-order valence-corrected chi connectivity index (χ1v) is 6.21. The minimum atomic E-state index is -0.269. The van der Waals surface area contributed by atoms with Crippen LogP contribution >= 0.6 is 0 Å². The van der Waals surface area contributed by atoms with Crippen molar-refractivity contribution >= 4 is 16.9 Å². The van der Waals surface area contributed by atoms with E-state index < -0.39 is 0 Å². The van der Waals surface area contributed by atoms with Gasteiger partial charge in [0.2, 0.25) is 5.55 Å². The Bertz CT molecular complexity index is 807. The maximum atomic E-state index is 11.8. The molecule has 0 aliphatic carbocycles. The van der Waals surface area contributed by atoms with Crippen LogP contribution in [0.3, 0.4) is 0 Å². The van der Waals surface area contributed by atoms with Crippen molar-refractivity contribution in [2.75, 3.05) is 0 Å². The van der Waals surface area contributed by atoms with Gasteiger partial charge in [0.15, 0.2) is 0 Å². The highest BCUT2D eigenvalue weighted by Gasteiger charge is 2.02. The molecular weight excluding hydrogens is 252 g/mol. The van der Waals surface area contributed by atoms with Gasteiger partial charge in [0, 0.05) is 17.0 Å². The highest BCUT2D eigenvalue weighted by molar-refractivity contribution is 5.93. The zero-order chi connectivity index (χ0) is 13.8. The Morgan fingerprint density at radius 2 is 1.65 bits per heavy atom. The second-order valence-electron chi connectivity index (χ2n) is 4.23. The summed E-state index contributed by atoms with van der Waals surface area (Å²) >= 11 is 0. The number of para-hydroxylation sites is 1. The van der Waals surface area contributed by atoms with Crippen molar-refractivity contribution < 1.29 is 9.21 Å². The molecule has 1 N–H and O–H groups in total. The number of rotatable bonds is 2. The summed E-state index contributed by atoms with van der Waals surface area (Å²) in [6.07, 6.45) is 0. The normalized spacial score (nSPS) is 11.5. The molecule has 3 rings (SSSR count). The zero-order valence-corrected chi connectivity index (χ0v) is 10.6. The number of carbonyl (C=O) groups is 1. The molecule has 0 spiro atoms. The molecule has 1 heterocycles. The van der Waals surface area contributed by atoms with Gasteiger partial charge < -0.3 is 4.42 Å². The molecule has 3 aromatic rings. The van der Waals surface area contributed by atoms with E-state index in [1.807, 2.05) is 36.4 Å². The second kappa shape index (κ2) is 5.40. The molecule has 4 nitrogen and oxygen atoms in total. The third-order valence-corrected chi connectivity index (χ3v) is 2.84. The SMILES string of the molecule is O=C(N/N=c1/ccc2ccccc2o1)c1ccccc1. The molecule has 98 valence electrons. The van der Waals surface area contributed by atoms with Crippen LogP contribution in [-0.2, 0) is 0 Å². The molecule has 1 amide bonds. The van der Waals surface area contributed by atoms with E-state index >= 15 is 0 Å². The summed E-state index contributed by atoms with van der Waals surface area (Å²) in [5.41, 5.74) is 4.10. The predicted molar refractivity (Wildman–Crippen MR) is 75.7 cm³/mol. The van der Waals surface area contributed by atoms with Gasteiger partial charge in [-0.1, -0.05) is 36.4 Å². The summed E-state index contributed by atoms with van der Waals surface area (Å²) in [5, 5.41) is 4.95. The summed E-state index contributed by atoms with van der Waals surface area (Å²) in [5.74, 6) is -0.269. The number of hydrogen-bond donors (Lipinski definition) is 1. The fourth-order valence-corrected chi connectivity index (χ4v) is 1.84. The van der Waals surface area contributed by atoms with Gasteiger partial charge in [-0.3, -0.25) is 4.79 Å². The van der Waals surface area contributed by atoms with Crippen LogP contribution in [0.1, 0.15) is 10.4 Å². The van der Waals surface area contributed by atoms with E-state index in [0.29, 0.717) is 11.1 Å². The molecule has 4 heteroatoms. The van der Waals surface area contributed by atoms with Gasteiger partial charge in [-0.05, 0) is 24.3 Å². The van der Waals surface area contributed by atoms with E-state index in [4.69, 9.17) is 4.42 Å². The van der Waals surface area contributed by atoms with E-state index in [0.717, 1.165) is 11.0 Å². The quantitative estimate of drug-likeness (QED) is 0.723. The van der Waals surface area contributed by atoms with Gasteiger partial charge in [0.05, 0.1) is 0 Å². The lowest BCUT2D eigenvalue weighted by atomic mass is 10.2. The molecule has 0 unspecified atom stereocenters. The van der Waals surface area contributed by atoms with Gasteiger partial charge >= 0.3 is 0 Å². The number of nitrogens with zero attached hydrogens (tertiary/aromatic N) is 1. The van der Waals surface area contributed by atoms with E-state index in [2.05, 4.69) is 10.5 Å². The average molecular weight is 264 g/mol. The molecular formula is C16H12N2O2. The number of benzene rings is 2. The number of hydrogen-bond acceptors (Lipinski definition) is 3. The number of nitrogens with one attached hydrogen (secondary N) is 1. The Morgan fingerprint density at radius 3 is 2.50 bits per heavy atom. The lowest BCUT2D eigenvalue weighted by Gasteiger charge is -1.99. The maximum Gasteiger partial charge on any atom is 0.271 e. The third kappa shape index (κ3) is 2.59. The van der Waals surface area contributed by atoms with Gasteiger partial charge in [0.25, 0.3) is 5.91 Å². The highest BCUT2D eigenvalue weighted by Crippen LogP contribution is 2.09. The standard InChI is InChI=1S/C16H12N2O2/c19-16(13-7-2-1-3-8-13)18-17-15-11-10-12-6-4-5-9-14(12)20-15/h1-11H,(H,18,19)/b17-15-. The van der Waals surface area contributed by atoms with Gasteiger partial charge in [-0.2, -0.15) is 0 Å². The van der Waals surface area contributed by atoms with E-state index in [9.17, 15) is 4.79 Å². The first-order chi connectivity index (χ1) is 9.83. The first kappa shape index (κ1) is 12.2. The van der Waals surface area contributed by atoms with Gasteiger partial charge in [-0.15, -0.1) is 5.10 Å². The molecule has 0 saturated carbocycles. The average Bonchev–Trinajstić information content (AvgIpc) is 2.53. The van der Waals surface area contributed by atoms with Crippen molar-refractivity contribution in [1.82, 2.24) is 5.43 Å². The summed E-state index contributed by atoms with van der Waals surface area (Å²) in [6.45, 7) is 0. The highest BCUT2D eigenvalue weighted by atomic mass is 16.3. The molecule has 0 aliphatic rings. The van der Waals surface area contributed by atoms with Crippen molar-refractivity contribution in [3.05, 3.63) is 77.8 Å². The van der Waals surface area contributed by atoms with Crippen molar-refractivity contribution in [2.24, 2.45) is 5.10 Å². The van der Waals surface area contributed by atoms with Crippen LogP contribution in [0, 0.1) is 0 Å². The Balaban J connectivity index is 1.86. The second-order valence-corrected chi connectivity index (χ2v) is 4.23. The van der Waals surface area contributed by atoms with Crippen LogP contribution in [0.4, 0.5) is 0 Å². The van der Waals surface area contributed by atoms with Crippen molar-refractivity contribution in [3.63, 3.8) is 0 Å². The molecule has 0 bridgehead atoms. The number of carbonyl (C=O) groups excluding carboxylic acids is 1. The lowest BCUT2D eigenvalue weighted by Crippen LogP contribution is -2.20. The third-order valence-electron chi connectivity index (χ3n) is 2.84. The van der Waals surface area contributed by atoms with E-state index in [-0.39, 0.29) is 5.91 Å². The minimum Gasteiger partial charge on any atom is -0.437 e. The van der Waals surface area contributed by atoms with Gasteiger partial charge in [0.1, 0.15) is 5.58 Å².